The maximum atomic E-state index is 13.9. The number of carbonyl (C=O) groups is 1. The first kappa shape index (κ1) is 27.0. The number of aryl methyl sites for hydroxylation is 4. The van der Waals surface area contributed by atoms with Crippen LogP contribution in [0, 0.1) is 20.8 Å². The molecule has 2 aromatic carbocycles. The van der Waals surface area contributed by atoms with Crippen molar-refractivity contribution in [2.24, 2.45) is 4.99 Å². The minimum absolute atomic E-state index is 0.0192. The molecule has 2 N–H and O–H groups in total. The van der Waals surface area contributed by atoms with Gasteiger partial charge in [0.25, 0.3) is 0 Å². The van der Waals surface area contributed by atoms with Gasteiger partial charge in [-0.15, -0.1) is 0 Å². The molecule has 0 aliphatic carbocycles. The van der Waals surface area contributed by atoms with Crippen molar-refractivity contribution in [3.05, 3.63) is 68.6 Å². The molecule has 0 atom stereocenters. The Hall–Kier alpha value is -4.01. The van der Waals surface area contributed by atoms with Gasteiger partial charge >= 0.3 is 11.7 Å². The summed E-state index contributed by atoms with van der Waals surface area (Å²) in [7, 11) is 3.22. The highest BCUT2D eigenvalue weighted by molar-refractivity contribution is 5.74. The molecule has 202 valence electrons. The molecule has 0 spiro atoms. The van der Waals surface area contributed by atoms with E-state index in [1.165, 1.54) is 0 Å². The highest BCUT2D eigenvalue weighted by Gasteiger charge is 2.22. The van der Waals surface area contributed by atoms with Crippen LogP contribution in [0.3, 0.4) is 0 Å². The van der Waals surface area contributed by atoms with Crippen molar-refractivity contribution in [2.45, 2.75) is 60.2 Å². The molecule has 1 aliphatic rings. The van der Waals surface area contributed by atoms with Crippen LogP contribution in [0.5, 0.6) is 11.5 Å². The molecule has 0 unspecified atom stereocenters. The first-order valence-electron chi connectivity index (χ1n) is 12.9. The average molecular weight is 520 g/mol. The molecule has 2 amide bonds. The number of urea groups is 1. The summed E-state index contributed by atoms with van der Waals surface area (Å²) in [5, 5.41) is 5.65. The third-order valence-electron chi connectivity index (χ3n) is 6.69. The molecule has 9 heteroatoms. The van der Waals surface area contributed by atoms with E-state index in [-0.39, 0.29) is 30.9 Å². The minimum Gasteiger partial charge on any atom is -0.493 e. The fourth-order valence-corrected chi connectivity index (χ4v) is 5.02. The van der Waals surface area contributed by atoms with Gasteiger partial charge < -0.3 is 20.1 Å². The molecule has 4 rings (SSSR count). The highest BCUT2D eigenvalue weighted by atomic mass is 16.5. The summed E-state index contributed by atoms with van der Waals surface area (Å²) < 4.78 is 14.5. The van der Waals surface area contributed by atoms with Crippen molar-refractivity contribution < 1.29 is 14.3 Å². The molecule has 3 aromatic rings. The van der Waals surface area contributed by atoms with E-state index in [2.05, 4.69) is 29.7 Å². The Morgan fingerprint density at radius 2 is 1.68 bits per heavy atom. The topological polar surface area (TPSA) is 98.9 Å². The zero-order valence-corrected chi connectivity index (χ0v) is 23.3. The van der Waals surface area contributed by atoms with Gasteiger partial charge in [0.05, 0.1) is 25.6 Å². The summed E-state index contributed by atoms with van der Waals surface area (Å²) in [5.41, 5.74) is 7.21. The van der Waals surface area contributed by atoms with Crippen LogP contribution < -0.4 is 31.3 Å². The zero-order chi connectivity index (χ0) is 27.6. The Morgan fingerprint density at radius 1 is 1.03 bits per heavy atom. The summed E-state index contributed by atoms with van der Waals surface area (Å²) in [6, 6.07) is 9.79. The predicted octanol–water partition coefficient (Wildman–Crippen LogP) is 3.76. The Morgan fingerprint density at radius 3 is 2.32 bits per heavy atom. The van der Waals surface area contributed by atoms with Gasteiger partial charge in [-0.2, -0.15) is 0 Å². The van der Waals surface area contributed by atoms with Crippen LogP contribution >= 0.6 is 0 Å². The lowest BCUT2D eigenvalue weighted by molar-refractivity contribution is 0.238. The number of aromatic nitrogens is 2. The molecule has 9 nitrogen and oxygen atoms in total. The summed E-state index contributed by atoms with van der Waals surface area (Å²) in [6.07, 6.45) is 0.685. The van der Waals surface area contributed by atoms with E-state index in [0.717, 1.165) is 39.2 Å². The summed E-state index contributed by atoms with van der Waals surface area (Å²) in [4.78, 5) is 31.0. The average Bonchev–Trinajstić information content (AvgIpc) is 2.86. The fraction of sp³-hybridized carbons (Fsp3) is 0.414. The normalized spacial score (nSPS) is 12.7. The third kappa shape index (κ3) is 5.46. The second kappa shape index (κ2) is 11.2. The molecule has 2 heterocycles. The number of hydrogen-bond acceptors (Lipinski definition) is 5. The maximum Gasteiger partial charge on any atom is 0.330 e. The van der Waals surface area contributed by atoms with Crippen LogP contribution in [0.1, 0.15) is 36.1 Å². The number of methoxy groups -OCH3 is 2. The monoisotopic (exact) mass is 519 g/mol. The van der Waals surface area contributed by atoms with E-state index in [1.807, 2.05) is 45.9 Å². The minimum atomic E-state index is -0.266. The van der Waals surface area contributed by atoms with Gasteiger partial charge in [-0.05, 0) is 69.9 Å². The van der Waals surface area contributed by atoms with Crippen molar-refractivity contribution in [3.8, 4) is 22.8 Å². The molecule has 0 bridgehead atoms. The van der Waals surface area contributed by atoms with Gasteiger partial charge in [0, 0.05) is 37.3 Å². The van der Waals surface area contributed by atoms with Crippen LogP contribution in [-0.4, -0.2) is 42.0 Å². The second-order valence-electron chi connectivity index (χ2n) is 10.0. The number of fused-ring (bicyclic) bond motifs is 3. The van der Waals surface area contributed by atoms with Crippen LogP contribution in [0.2, 0.25) is 0 Å². The number of carbonyl (C=O) groups excluding carboxylic acids is 1. The van der Waals surface area contributed by atoms with Crippen molar-refractivity contribution in [1.82, 2.24) is 19.8 Å². The number of ether oxygens (including phenoxy) is 2. The standard InChI is InChI=1S/C29H37N5O4/c1-17(2)31-28(35)30-9-11-34-26(32-27-19(4)12-18(3)13-20(27)5)16-23-22-15-25(38-7)24(37-6)14-21(22)8-10-33(23)29(34)36/h12-17H,8-11H2,1-7H3,(H2,30,31,35). The van der Waals surface area contributed by atoms with Gasteiger partial charge in [0.1, 0.15) is 5.49 Å². The second-order valence-corrected chi connectivity index (χ2v) is 10.0. The van der Waals surface area contributed by atoms with Gasteiger partial charge in [0.2, 0.25) is 0 Å². The first-order chi connectivity index (χ1) is 18.1. The molecule has 0 saturated carbocycles. The van der Waals surface area contributed by atoms with Crippen molar-refractivity contribution in [1.29, 1.82) is 0 Å². The Bertz CT molecular complexity index is 1480. The molecular formula is C29H37N5O4. The first-order valence-corrected chi connectivity index (χ1v) is 12.9. The van der Waals surface area contributed by atoms with Crippen LogP contribution in [-0.2, 0) is 19.5 Å². The number of nitrogens with one attached hydrogen (secondary N) is 2. The van der Waals surface area contributed by atoms with Gasteiger partial charge in [-0.3, -0.25) is 9.13 Å². The van der Waals surface area contributed by atoms with Crippen molar-refractivity contribution >= 4 is 11.7 Å². The Kier molecular flexibility index (Phi) is 7.94. The molecule has 1 aromatic heterocycles. The van der Waals surface area contributed by atoms with E-state index in [1.54, 1.807) is 23.4 Å². The van der Waals surface area contributed by atoms with E-state index in [4.69, 9.17) is 14.5 Å². The van der Waals surface area contributed by atoms with Gasteiger partial charge in [-0.25, -0.2) is 14.6 Å². The maximum absolute atomic E-state index is 13.9. The molecule has 0 saturated heterocycles. The summed E-state index contributed by atoms with van der Waals surface area (Å²) in [6.45, 7) is 11.0. The van der Waals surface area contributed by atoms with Crippen LogP contribution in [0.25, 0.3) is 11.3 Å². The number of nitrogens with zero attached hydrogens (tertiary/aromatic N) is 3. The van der Waals surface area contributed by atoms with Crippen LogP contribution in [0.15, 0.2) is 40.1 Å². The van der Waals surface area contributed by atoms with Gasteiger partial charge in [-0.1, -0.05) is 17.7 Å². The molecular weight excluding hydrogens is 482 g/mol. The van der Waals surface area contributed by atoms with E-state index in [0.29, 0.717) is 30.0 Å². The fourth-order valence-electron chi connectivity index (χ4n) is 5.02. The number of benzene rings is 2. The number of rotatable bonds is 7. The SMILES string of the molecule is COc1cc2c(cc1OC)-c1cc(=Nc3c(C)cc(C)cc3C)n(CCNC(=O)NC(C)C)c(=O)n1CC2. The predicted molar refractivity (Wildman–Crippen MR) is 148 cm³/mol. The molecule has 1 aliphatic heterocycles. The largest absolute Gasteiger partial charge is 0.493 e. The Labute approximate surface area is 223 Å². The van der Waals surface area contributed by atoms with E-state index < -0.39 is 0 Å². The lowest BCUT2D eigenvalue weighted by atomic mass is 9.97. The van der Waals surface area contributed by atoms with E-state index >= 15 is 0 Å². The smallest absolute Gasteiger partial charge is 0.330 e. The summed E-state index contributed by atoms with van der Waals surface area (Å²) in [5.74, 6) is 1.27. The third-order valence-corrected chi connectivity index (χ3v) is 6.69. The number of hydrogen-bond donors (Lipinski definition) is 2. The van der Waals surface area contributed by atoms with Crippen molar-refractivity contribution in [2.75, 3.05) is 20.8 Å². The molecule has 38 heavy (non-hydrogen) atoms. The lowest BCUT2D eigenvalue weighted by Crippen LogP contribution is -2.46. The lowest BCUT2D eigenvalue weighted by Gasteiger charge is -2.24. The quantitative estimate of drug-likeness (QED) is 0.497. The van der Waals surface area contributed by atoms with E-state index in [9.17, 15) is 9.59 Å². The molecule has 0 radical (unpaired) electrons. The number of amides is 2. The molecule has 0 fully saturated rings. The summed E-state index contributed by atoms with van der Waals surface area (Å²) >= 11 is 0. The van der Waals surface area contributed by atoms with Crippen LogP contribution in [0.4, 0.5) is 10.5 Å². The van der Waals surface area contributed by atoms with Gasteiger partial charge in [0.15, 0.2) is 11.5 Å². The van der Waals surface area contributed by atoms with Crippen molar-refractivity contribution in [3.63, 3.8) is 0 Å². The Balaban J connectivity index is 1.89. The highest BCUT2D eigenvalue weighted by Crippen LogP contribution is 2.37. The zero-order valence-electron chi connectivity index (χ0n) is 23.3.